The standard InChI is InChI=1S/C34H35BrFN3O4S/c1-34(2,3)37-33(41)31(22-25-11-6-4-7-12-25)38(23-26-13-10-14-27(35)21-26)32(40)24-39(29-19-17-28(36)18-20-29)44(42,43)30-15-8-5-9-16-30/h4-21,31H,22-24H2,1-3H3,(H,37,41). The summed E-state index contributed by atoms with van der Waals surface area (Å²) in [7, 11) is -4.25. The van der Waals surface area contributed by atoms with Crippen LogP contribution in [0.3, 0.4) is 0 Å². The van der Waals surface area contributed by atoms with Gasteiger partial charge in [0.15, 0.2) is 0 Å². The molecule has 0 aliphatic rings. The molecule has 0 radical (unpaired) electrons. The number of nitrogens with one attached hydrogen (secondary N) is 1. The van der Waals surface area contributed by atoms with E-state index in [1.807, 2.05) is 75.4 Å². The zero-order valence-corrected chi connectivity index (χ0v) is 27.2. The summed E-state index contributed by atoms with van der Waals surface area (Å²) in [5.41, 5.74) is 1.10. The first-order valence-electron chi connectivity index (χ1n) is 14.1. The molecule has 0 aliphatic carbocycles. The maximum atomic E-state index is 14.4. The number of hydrogen-bond donors (Lipinski definition) is 1. The van der Waals surface area contributed by atoms with Crippen LogP contribution < -0.4 is 9.62 Å². The molecule has 10 heteroatoms. The average Bonchev–Trinajstić information content (AvgIpc) is 2.98. The number of benzene rings is 4. The van der Waals surface area contributed by atoms with Crippen LogP contribution in [0.1, 0.15) is 31.9 Å². The topological polar surface area (TPSA) is 86.8 Å². The molecule has 4 aromatic rings. The first kappa shape index (κ1) is 32.9. The Labute approximate surface area is 266 Å². The molecular weight excluding hydrogens is 645 g/mol. The minimum Gasteiger partial charge on any atom is -0.350 e. The summed E-state index contributed by atoms with van der Waals surface area (Å²) in [6.45, 7) is 4.98. The van der Waals surface area contributed by atoms with E-state index in [9.17, 15) is 22.4 Å². The summed E-state index contributed by atoms with van der Waals surface area (Å²) < 4.78 is 43.5. The highest BCUT2D eigenvalue weighted by Gasteiger charge is 2.35. The third kappa shape index (κ3) is 8.76. The fourth-order valence-electron chi connectivity index (χ4n) is 4.69. The van der Waals surface area contributed by atoms with Gasteiger partial charge in [-0.2, -0.15) is 0 Å². The number of carbonyl (C=O) groups excluding carboxylic acids is 2. The number of rotatable bonds is 11. The maximum Gasteiger partial charge on any atom is 0.264 e. The van der Waals surface area contributed by atoms with Gasteiger partial charge in [0.25, 0.3) is 10.0 Å². The lowest BCUT2D eigenvalue weighted by Gasteiger charge is -2.35. The molecule has 44 heavy (non-hydrogen) atoms. The molecule has 1 atom stereocenters. The van der Waals surface area contributed by atoms with Crippen LogP contribution in [0.4, 0.5) is 10.1 Å². The summed E-state index contributed by atoms with van der Waals surface area (Å²) in [5.74, 6) is -1.52. The monoisotopic (exact) mass is 679 g/mol. The minimum absolute atomic E-state index is 0.0259. The van der Waals surface area contributed by atoms with Gasteiger partial charge in [-0.15, -0.1) is 0 Å². The number of hydrogen-bond acceptors (Lipinski definition) is 4. The molecule has 0 aromatic heterocycles. The van der Waals surface area contributed by atoms with Gasteiger partial charge in [0.05, 0.1) is 10.6 Å². The molecule has 7 nitrogen and oxygen atoms in total. The lowest BCUT2D eigenvalue weighted by atomic mass is 10.0. The summed E-state index contributed by atoms with van der Waals surface area (Å²) in [6, 6.07) is 28.4. The number of carbonyl (C=O) groups is 2. The zero-order valence-electron chi connectivity index (χ0n) is 24.8. The molecular formula is C34H35BrFN3O4S. The predicted molar refractivity (Wildman–Crippen MR) is 174 cm³/mol. The highest BCUT2D eigenvalue weighted by molar-refractivity contribution is 9.10. The van der Waals surface area contributed by atoms with Crippen molar-refractivity contribution in [1.82, 2.24) is 10.2 Å². The van der Waals surface area contributed by atoms with Gasteiger partial charge in [0.1, 0.15) is 18.4 Å². The second-order valence-electron chi connectivity index (χ2n) is 11.4. The normalized spacial score (nSPS) is 12.3. The van der Waals surface area contributed by atoms with Gasteiger partial charge in [-0.3, -0.25) is 13.9 Å². The molecule has 4 rings (SSSR count). The second-order valence-corrected chi connectivity index (χ2v) is 14.2. The zero-order chi connectivity index (χ0) is 31.9. The molecule has 0 fully saturated rings. The van der Waals surface area contributed by atoms with Crippen molar-refractivity contribution in [1.29, 1.82) is 0 Å². The molecule has 0 bridgehead atoms. The van der Waals surface area contributed by atoms with Crippen LogP contribution >= 0.6 is 15.9 Å². The Kier molecular flexibility index (Phi) is 10.6. The molecule has 0 saturated carbocycles. The Morgan fingerprint density at radius 3 is 2.02 bits per heavy atom. The second kappa shape index (κ2) is 14.2. The van der Waals surface area contributed by atoms with E-state index >= 15 is 0 Å². The third-order valence-corrected chi connectivity index (χ3v) is 9.02. The van der Waals surface area contributed by atoms with E-state index in [0.29, 0.717) is 0 Å². The molecule has 2 amide bonds. The van der Waals surface area contributed by atoms with E-state index in [-0.39, 0.29) is 29.5 Å². The maximum absolute atomic E-state index is 14.4. The smallest absolute Gasteiger partial charge is 0.264 e. The van der Waals surface area contributed by atoms with Gasteiger partial charge in [0.2, 0.25) is 11.8 Å². The molecule has 1 N–H and O–H groups in total. The Morgan fingerprint density at radius 1 is 0.841 bits per heavy atom. The summed E-state index contributed by atoms with van der Waals surface area (Å²) in [4.78, 5) is 29.7. The SMILES string of the molecule is CC(C)(C)NC(=O)C(Cc1ccccc1)N(Cc1cccc(Br)c1)C(=O)CN(c1ccc(F)cc1)S(=O)(=O)c1ccccc1. The highest BCUT2D eigenvalue weighted by atomic mass is 79.9. The third-order valence-electron chi connectivity index (χ3n) is 6.74. The highest BCUT2D eigenvalue weighted by Crippen LogP contribution is 2.26. The molecule has 0 saturated heterocycles. The van der Waals surface area contributed by atoms with Crippen molar-refractivity contribution in [2.45, 2.75) is 50.2 Å². The Balaban J connectivity index is 1.81. The van der Waals surface area contributed by atoms with E-state index in [2.05, 4.69) is 21.2 Å². The number of halogens is 2. The van der Waals surface area contributed by atoms with Crippen LogP contribution in [0.15, 0.2) is 119 Å². The number of amides is 2. The van der Waals surface area contributed by atoms with E-state index < -0.39 is 39.9 Å². The molecule has 230 valence electrons. The average molecular weight is 681 g/mol. The van der Waals surface area contributed by atoms with E-state index in [0.717, 1.165) is 32.0 Å². The van der Waals surface area contributed by atoms with Gasteiger partial charge in [0, 0.05) is 23.0 Å². The van der Waals surface area contributed by atoms with Crippen LogP contribution in [-0.4, -0.2) is 43.3 Å². The molecule has 0 heterocycles. The van der Waals surface area contributed by atoms with Crippen LogP contribution in [-0.2, 0) is 32.6 Å². The lowest BCUT2D eigenvalue weighted by Crippen LogP contribution is -2.56. The first-order chi connectivity index (χ1) is 20.8. The van der Waals surface area contributed by atoms with Crippen molar-refractivity contribution < 1.29 is 22.4 Å². The van der Waals surface area contributed by atoms with Crippen LogP contribution in [0.5, 0.6) is 0 Å². The first-order valence-corrected chi connectivity index (χ1v) is 16.3. The van der Waals surface area contributed by atoms with Crippen LogP contribution in [0.25, 0.3) is 0 Å². The number of sulfonamides is 1. The predicted octanol–water partition coefficient (Wildman–Crippen LogP) is 6.34. The van der Waals surface area contributed by atoms with Crippen molar-refractivity contribution in [3.05, 3.63) is 131 Å². The molecule has 0 aliphatic heterocycles. The van der Waals surface area contributed by atoms with E-state index in [4.69, 9.17) is 0 Å². The Morgan fingerprint density at radius 2 is 1.43 bits per heavy atom. The summed E-state index contributed by atoms with van der Waals surface area (Å²) >= 11 is 3.48. The molecule has 1 unspecified atom stereocenters. The summed E-state index contributed by atoms with van der Waals surface area (Å²) in [5, 5.41) is 3.00. The molecule has 4 aromatic carbocycles. The fourth-order valence-corrected chi connectivity index (χ4v) is 6.58. The minimum atomic E-state index is -4.25. The largest absolute Gasteiger partial charge is 0.350 e. The van der Waals surface area contributed by atoms with Gasteiger partial charge < -0.3 is 10.2 Å². The summed E-state index contributed by atoms with van der Waals surface area (Å²) in [6.07, 6.45) is 0.199. The molecule has 0 spiro atoms. The van der Waals surface area contributed by atoms with Crippen LogP contribution in [0.2, 0.25) is 0 Å². The van der Waals surface area contributed by atoms with Crippen molar-refractivity contribution in [3.63, 3.8) is 0 Å². The van der Waals surface area contributed by atoms with Gasteiger partial charge in [-0.1, -0.05) is 76.6 Å². The van der Waals surface area contributed by atoms with Crippen LogP contribution in [0, 0.1) is 5.82 Å². The quantitative estimate of drug-likeness (QED) is 0.201. The van der Waals surface area contributed by atoms with E-state index in [1.54, 1.807) is 18.2 Å². The number of nitrogens with zero attached hydrogens (tertiary/aromatic N) is 2. The van der Waals surface area contributed by atoms with Crippen molar-refractivity contribution >= 4 is 43.5 Å². The lowest BCUT2D eigenvalue weighted by molar-refractivity contribution is -0.140. The Bertz CT molecular complexity index is 1680. The van der Waals surface area contributed by atoms with Crippen molar-refractivity contribution in [2.75, 3.05) is 10.8 Å². The van der Waals surface area contributed by atoms with E-state index in [1.165, 1.54) is 29.2 Å². The van der Waals surface area contributed by atoms with Gasteiger partial charge in [-0.25, -0.2) is 12.8 Å². The van der Waals surface area contributed by atoms with Crippen molar-refractivity contribution in [3.8, 4) is 0 Å². The Hall–Kier alpha value is -4.02. The van der Waals surface area contributed by atoms with Gasteiger partial charge >= 0.3 is 0 Å². The van der Waals surface area contributed by atoms with Crippen molar-refractivity contribution in [2.24, 2.45) is 0 Å². The fraction of sp³-hybridized carbons (Fsp3) is 0.235. The number of anilines is 1. The van der Waals surface area contributed by atoms with Gasteiger partial charge in [-0.05, 0) is 80.4 Å².